The number of halogens is 2. The smallest absolute Gasteiger partial charge is 0.351 e. The Labute approximate surface area is 174 Å². The molecular weight excluding hydrogens is 417 g/mol. The van der Waals surface area contributed by atoms with E-state index in [2.05, 4.69) is 10.3 Å². The number of hydrogen-bond acceptors (Lipinski definition) is 5. The van der Waals surface area contributed by atoms with Crippen molar-refractivity contribution < 1.29 is 32.0 Å². The zero-order valence-electron chi connectivity index (χ0n) is 17.2. The Morgan fingerprint density at radius 1 is 1.23 bits per heavy atom. The van der Waals surface area contributed by atoms with Gasteiger partial charge in [0.05, 0.1) is 19.3 Å². The van der Waals surface area contributed by atoms with Crippen molar-refractivity contribution in [2.45, 2.75) is 51.7 Å². The maximum atomic E-state index is 15.0. The zero-order chi connectivity index (χ0) is 22.4. The van der Waals surface area contributed by atoms with Gasteiger partial charge in [0.1, 0.15) is 12.0 Å². The molecule has 0 fully saturated rings. The lowest BCUT2D eigenvalue weighted by Crippen LogP contribution is -2.36. The number of aldehydes is 1. The fraction of sp³-hybridized carbons (Fsp3) is 0.500. The Morgan fingerprint density at radius 3 is 2.47 bits per heavy atom. The Hall–Kier alpha value is -2.09. The van der Waals surface area contributed by atoms with Gasteiger partial charge in [-0.05, 0) is 38.5 Å². The number of aromatic nitrogens is 1. The van der Waals surface area contributed by atoms with Crippen molar-refractivity contribution in [1.82, 2.24) is 10.3 Å². The van der Waals surface area contributed by atoms with E-state index < -0.39 is 30.8 Å². The first kappa shape index (κ1) is 24.2. The van der Waals surface area contributed by atoms with Gasteiger partial charge in [0, 0.05) is 16.5 Å². The fourth-order valence-corrected chi connectivity index (χ4v) is 4.52. The number of carbonyl (C=O) groups excluding carboxylic acids is 2. The number of benzene rings is 1. The molecule has 2 N–H and O–H groups in total. The molecule has 0 spiro atoms. The molecule has 30 heavy (non-hydrogen) atoms. The third-order valence-electron chi connectivity index (χ3n) is 4.50. The molecule has 10 heteroatoms. The van der Waals surface area contributed by atoms with Gasteiger partial charge in [0.25, 0.3) is 5.91 Å². The first-order chi connectivity index (χ1) is 14.2. The van der Waals surface area contributed by atoms with E-state index in [-0.39, 0.29) is 18.9 Å². The molecule has 0 aliphatic heterocycles. The SMILES string of the molecule is CCCC[C@@H](C=O)NC(=O)c1cc2cc(C(F)(F)P(=O)(OCC)OCC)ccc2[nH]1. The summed E-state index contributed by atoms with van der Waals surface area (Å²) in [4.78, 5) is 26.4. The molecule has 1 aromatic heterocycles. The average molecular weight is 444 g/mol. The van der Waals surface area contributed by atoms with Crippen LogP contribution in [0.25, 0.3) is 10.9 Å². The lowest BCUT2D eigenvalue weighted by atomic mass is 10.1. The summed E-state index contributed by atoms with van der Waals surface area (Å²) in [6, 6.07) is 4.40. The van der Waals surface area contributed by atoms with Crippen molar-refractivity contribution >= 4 is 30.7 Å². The van der Waals surface area contributed by atoms with Gasteiger partial charge in [-0.1, -0.05) is 25.8 Å². The van der Waals surface area contributed by atoms with Crippen LogP contribution >= 0.6 is 7.60 Å². The highest BCUT2D eigenvalue weighted by atomic mass is 31.2. The number of H-pyrrole nitrogens is 1. The number of aromatic amines is 1. The summed E-state index contributed by atoms with van der Waals surface area (Å²) in [6.07, 6.45) is 2.87. The van der Waals surface area contributed by atoms with Crippen molar-refractivity contribution in [2.75, 3.05) is 13.2 Å². The second-order valence-corrected chi connectivity index (χ2v) is 8.79. The Kier molecular flexibility index (Phi) is 8.29. The molecule has 0 aliphatic carbocycles. The number of carbonyl (C=O) groups is 2. The van der Waals surface area contributed by atoms with E-state index in [1.807, 2.05) is 6.92 Å². The maximum Gasteiger partial charge on any atom is 0.404 e. The Balaban J connectivity index is 2.32. The lowest BCUT2D eigenvalue weighted by molar-refractivity contribution is -0.109. The first-order valence-corrected chi connectivity index (χ1v) is 11.4. The molecule has 0 bridgehead atoms. The monoisotopic (exact) mass is 444 g/mol. The summed E-state index contributed by atoms with van der Waals surface area (Å²) >= 11 is 0. The third-order valence-corrected chi connectivity index (χ3v) is 6.65. The van der Waals surface area contributed by atoms with Crippen LogP contribution in [0.3, 0.4) is 0 Å². The number of alkyl halides is 2. The number of hydrogen-bond donors (Lipinski definition) is 2. The highest BCUT2D eigenvalue weighted by Crippen LogP contribution is 2.66. The minimum atomic E-state index is -4.73. The average Bonchev–Trinajstić information content (AvgIpc) is 3.14. The summed E-state index contributed by atoms with van der Waals surface area (Å²) in [5, 5.41) is 2.94. The number of nitrogens with one attached hydrogen (secondary N) is 2. The van der Waals surface area contributed by atoms with Gasteiger partial charge in [0.2, 0.25) is 0 Å². The highest BCUT2D eigenvalue weighted by Gasteiger charge is 2.54. The maximum absolute atomic E-state index is 15.0. The largest absolute Gasteiger partial charge is 0.404 e. The van der Waals surface area contributed by atoms with E-state index in [9.17, 15) is 22.9 Å². The normalized spacial score (nSPS) is 13.4. The molecule has 166 valence electrons. The number of rotatable bonds is 12. The third kappa shape index (κ3) is 5.14. The Bertz CT molecular complexity index is 921. The topological polar surface area (TPSA) is 97.5 Å². The van der Waals surface area contributed by atoms with Crippen molar-refractivity contribution in [3.8, 4) is 0 Å². The van der Waals surface area contributed by atoms with Crippen LogP contribution in [0.5, 0.6) is 0 Å². The van der Waals surface area contributed by atoms with Gasteiger partial charge in [0.15, 0.2) is 0 Å². The van der Waals surface area contributed by atoms with Crippen molar-refractivity contribution in [1.29, 1.82) is 0 Å². The van der Waals surface area contributed by atoms with E-state index in [0.29, 0.717) is 23.6 Å². The molecule has 1 atom stereocenters. The Morgan fingerprint density at radius 2 is 1.90 bits per heavy atom. The molecule has 0 radical (unpaired) electrons. The minimum absolute atomic E-state index is 0.131. The molecule has 0 unspecified atom stereocenters. The standard InChI is InChI=1S/C20H27F2N2O5P/c1-4-7-8-16(13-25)23-19(26)18-12-14-11-15(9-10-17(14)24-18)20(21,22)30(27,28-5-2)29-6-3/h9-13,16,24H,4-8H2,1-3H3,(H,23,26)/t16-/m0/s1. The van der Waals surface area contributed by atoms with Crippen molar-refractivity contribution in [3.05, 3.63) is 35.5 Å². The van der Waals surface area contributed by atoms with Crippen LogP contribution in [0.4, 0.5) is 8.78 Å². The minimum Gasteiger partial charge on any atom is -0.351 e. The second-order valence-electron chi connectivity index (χ2n) is 6.72. The molecule has 2 rings (SSSR count). The molecule has 1 amide bonds. The molecular formula is C20H27F2N2O5P. The van der Waals surface area contributed by atoms with Crippen LogP contribution < -0.4 is 5.32 Å². The summed E-state index contributed by atoms with van der Waals surface area (Å²) in [7, 11) is -4.73. The van der Waals surface area contributed by atoms with Crippen LogP contribution in [-0.4, -0.2) is 36.4 Å². The number of amides is 1. The molecule has 0 saturated heterocycles. The van der Waals surface area contributed by atoms with Crippen LogP contribution in [0.15, 0.2) is 24.3 Å². The van der Waals surface area contributed by atoms with Crippen molar-refractivity contribution in [2.24, 2.45) is 0 Å². The first-order valence-electron chi connectivity index (χ1n) is 9.88. The molecule has 0 aliphatic rings. The van der Waals surface area contributed by atoms with Gasteiger partial charge in [-0.25, -0.2) is 0 Å². The molecule has 1 aromatic carbocycles. The predicted molar refractivity (Wildman–Crippen MR) is 110 cm³/mol. The molecule has 0 saturated carbocycles. The quantitative estimate of drug-likeness (QED) is 0.356. The molecule has 2 aromatic rings. The summed E-state index contributed by atoms with van der Waals surface area (Å²) in [6.45, 7) is 4.49. The summed E-state index contributed by atoms with van der Waals surface area (Å²) in [5.41, 5.74) is -3.83. The molecule has 7 nitrogen and oxygen atoms in total. The second kappa shape index (κ2) is 10.3. The van der Waals surface area contributed by atoms with Gasteiger partial charge >= 0.3 is 13.3 Å². The van der Waals surface area contributed by atoms with Crippen LogP contribution in [-0.2, 0) is 24.1 Å². The van der Waals surface area contributed by atoms with Gasteiger partial charge in [-0.3, -0.25) is 9.36 Å². The summed E-state index contributed by atoms with van der Waals surface area (Å²) < 4.78 is 52.2. The van der Waals surface area contributed by atoms with Crippen LogP contribution in [0.1, 0.15) is 56.1 Å². The van der Waals surface area contributed by atoms with E-state index in [0.717, 1.165) is 25.0 Å². The van der Waals surface area contributed by atoms with E-state index in [1.54, 1.807) is 0 Å². The van der Waals surface area contributed by atoms with Gasteiger partial charge < -0.3 is 24.1 Å². The zero-order valence-corrected chi connectivity index (χ0v) is 18.1. The van der Waals surface area contributed by atoms with Gasteiger partial charge in [-0.2, -0.15) is 8.78 Å². The predicted octanol–water partition coefficient (Wildman–Crippen LogP) is 4.97. The highest BCUT2D eigenvalue weighted by molar-refractivity contribution is 7.54. The number of fused-ring (bicyclic) bond motifs is 1. The van der Waals surface area contributed by atoms with Crippen LogP contribution in [0, 0.1) is 0 Å². The van der Waals surface area contributed by atoms with Gasteiger partial charge in [-0.15, -0.1) is 0 Å². The summed E-state index contributed by atoms with van der Waals surface area (Å²) in [5.74, 6) is -0.512. The fourth-order valence-electron chi connectivity index (χ4n) is 2.98. The van der Waals surface area contributed by atoms with E-state index >= 15 is 0 Å². The molecule has 1 heterocycles. The van der Waals surface area contributed by atoms with Crippen molar-refractivity contribution in [3.63, 3.8) is 0 Å². The van der Waals surface area contributed by atoms with E-state index in [1.165, 1.54) is 26.0 Å². The number of unbranched alkanes of at least 4 members (excludes halogenated alkanes) is 1. The lowest BCUT2D eigenvalue weighted by Gasteiger charge is -2.26. The van der Waals surface area contributed by atoms with E-state index in [4.69, 9.17) is 9.05 Å². The van der Waals surface area contributed by atoms with Crippen LogP contribution in [0.2, 0.25) is 0 Å².